The van der Waals surface area contributed by atoms with Gasteiger partial charge in [-0.25, -0.2) is 4.39 Å². The molecule has 1 N–H and O–H groups in total. The first-order chi connectivity index (χ1) is 19.4. The molecule has 2 atom stereocenters. The zero-order valence-corrected chi connectivity index (χ0v) is 21.9. The Balaban J connectivity index is 1.38. The average Bonchev–Trinajstić information content (AvgIpc) is 3.32. The van der Waals surface area contributed by atoms with Crippen molar-refractivity contribution in [3.63, 3.8) is 0 Å². The number of hydrogen-bond donors (Lipinski definition) is 1. The Kier molecular flexibility index (Phi) is 7.47. The van der Waals surface area contributed by atoms with Gasteiger partial charge in [-0.3, -0.25) is 9.80 Å². The third kappa shape index (κ3) is 5.36. The number of rotatable bonds is 8. The van der Waals surface area contributed by atoms with Crippen molar-refractivity contribution in [3.05, 3.63) is 108 Å². The van der Waals surface area contributed by atoms with E-state index in [0.717, 1.165) is 11.1 Å². The summed E-state index contributed by atoms with van der Waals surface area (Å²) in [7, 11) is 1.54. The van der Waals surface area contributed by atoms with Gasteiger partial charge in [0, 0.05) is 5.56 Å². The lowest BCUT2D eigenvalue weighted by molar-refractivity contribution is -0.137. The molecule has 0 spiro atoms. The molecule has 4 aromatic carbocycles. The number of halogens is 1. The van der Waals surface area contributed by atoms with Gasteiger partial charge in [-0.05, 0) is 78.2 Å². The van der Waals surface area contributed by atoms with Crippen molar-refractivity contribution in [1.82, 2.24) is 0 Å². The molecule has 4 aromatic rings. The number of methoxy groups -OCH3 is 1. The molecule has 0 aromatic heterocycles. The second-order valence-corrected chi connectivity index (χ2v) is 9.42. The Labute approximate surface area is 231 Å². The number of hydrazone groups is 1. The predicted molar refractivity (Wildman–Crippen MR) is 150 cm³/mol. The van der Waals surface area contributed by atoms with Crippen LogP contribution in [0.5, 0.6) is 17.2 Å². The topological polar surface area (TPSA) is 95.2 Å². The number of nitrogens with zero attached hydrogens (tertiary/aromatic N) is 3. The predicted octanol–water partition coefficient (Wildman–Crippen LogP) is 6.93. The highest BCUT2D eigenvalue weighted by atomic mass is 19.1. The molecule has 200 valence electrons. The minimum Gasteiger partial charge on any atom is -0.497 e. The number of aliphatic carboxylic acids is 1. The van der Waals surface area contributed by atoms with Gasteiger partial charge in [0.15, 0.2) is 0 Å². The highest BCUT2D eigenvalue weighted by Gasteiger charge is 2.40. The first-order valence-corrected chi connectivity index (χ1v) is 12.6. The summed E-state index contributed by atoms with van der Waals surface area (Å²) in [5.41, 5.74) is 3.70. The molecule has 1 aliphatic heterocycles. The number of hydrogen-bond acceptors (Lipinski definition) is 6. The average molecular weight is 536 g/mol. The van der Waals surface area contributed by atoms with Crippen molar-refractivity contribution >= 4 is 17.4 Å². The lowest BCUT2D eigenvalue weighted by Crippen LogP contribution is -2.34. The Bertz CT molecular complexity index is 1610. The maximum Gasteiger partial charge on any atom is 0.305 e. The Hall–Kier alpha value is -5.16. The van der Waals surface area contributed by atoms with Crippen molar-refractivity contribution in [1.29, 1.82) is 5.26 Å². The van der Waals surface area contributed by atoms with Crippen LogP contribution >= 0.6 is 0 Å². The number of aryl methyl sites for hydroxylation is 1. The third-order valence-electron chi connectivity index (χ3n) is 6.85. The first kappa shape index (κ1) is 26.4. The van der Waals surface area contributed by atoms with Crippen molar-refractivity contribution < 1.29 is 23.8 Å². The van der Waals surface area contributed by atoms with Gasteiger partial charge in [0.05, 0.1) is 31.2 Å². The second-order valence-electron chi connectivity index (χ2n) is 9.42. The largest absolute Gasteiger partial charge is 0.497 e. The van der Waals surface area contributed by atoms with Crippen LogP contribution in [0.3, 0.4) is 0 Å². The van der Waals surface area contributed by atoms with Crippen LogP contribution in [0.4, 0.5) is 10.1 Å². The number of ether oxygens (including phenoxy) is 2. The van der Waals surface area contributed by atoms with E-state index in [2.05, 4.69) is 11.2 Å². The molecular formula is C32H26FN3O4. The molecule has 1 heterocycles. The molecule has 0 radical (unpaired) electrons. The van der Waals surface area contributed by atoms with Crippen LogP contribution < -0.4 is 14.5 Å². The van der Waals surface area contributed by atoms with Gasteiger partial charge in [0.1, 0.15) is 34.8 Å². The summed E-state index contributed by atoms with van der Waals surface area (Å²) in [5, 5.41) is 25.5. The fourth-order valence-corrected chi connectivity index (χ4v) is 4.92. The molecule has 5 rings (SSSR count). The lowest BCUT2D eigenvalue weighted by Gasteiger charge is -2.27. The van der Waals surface area contributed by atoms with E-state index in [9.17, 15) is 19.6 Å². The summed E-state index contributed by atoms with van der Waals surface area (Å²) in [4.78, 5) is 11.8. The van der Waals surface area contributed by atoms with E-state index in [0.29, 0.717) is 34.1 Å². The Morgan fingerprint density at radius 2 is 1.75 bits per heavy atom. The van der Waals surface area contributed by atoms with Gasteiger partial charge in [0.2, 0.25) is 0 Å². The van der Waals surface area contributed by atoms with Gasteiger partial charge < -0.3 is 14.6 Å². The molecule has 8 heteroatoms. The van der Waals surface area contributed by atoms with Crippen LogP contribution in [0.15, 0.2) is 96.1 Å². The third-order valence-corrected chi connectivity index (χ3v) is 6.85. The van der Waals surface area contributed by atoms with Crippen LogP contribution in [0.2, 0.25) is 0 Å². The zero-order chi connectivity index (χ0) is 28.2. The standard InChI is InChI=1S/C32H26FN3O4/c1-20-16-22(26-17-25(39-2)13-14-27(26)33)8-15-30(20)40-24-11-9-23(10-12-24)36-29(18-31(37)38)32(28(19-34)35-36)21-6-4-3-5-7-21/h3-17,29,32H,18H2,1-2H3,(H,37,38). The van der Waals surface area contributed by atoms with Crippen LogP contribution in [-0.2, 0) is 4.79 Å². The molecule has 2 unspecified atom stereocenters. The lowest BCUT2D eigenvalue weighted by atomic mass is 9.86. The summed E-state index contributed by atoms with van der Waals surface area (Å²) in [6.45, 7) is 1.88. The monoisotopic (exact) mass is 535 g/mol. The molecule has 0 bridgehead atoms. The summed E-state index contributed by atoms with van der Waals surface area (Å²) < 4.78 is 25.8. The zero-order valence-electron chi connectivity index (χ0n) is 21.9. The Morgan fingerprint density at radius 1 is 1.02 bits per heavy atom. The van der Waals surface area contributed by atoms with Crippen molar-refractivity contribution in [2.75, 3.05) is 12.1 Å². The highest BCUT2D eigenvalue weighted by Crippen LogP contribution is 2.38. The van der Waals surface area contributed by atoms with E-state index in [-0.39, 0.29) is 17.9 Å². The highest BCUT2D eigenvalue weighted by molar-refractivity contribution is 6.06. The van der Waals surface area contributed by atoms with E-state index in [4.69, 9.17) is 9.47 Å². The van der Waals surface area contributed by atoms with Gasteiger partial charge in [0.25, 0.3) is 0 Å². The minimum absolute atomic E-state index is 0.189. The summed E-state index contributed by atoms with van der Waals surface area (Å²) in [5.74, 6) is -0.0422. The first-order valence-electron chi connectivity index (χ1n) is 12.6. The van der Waals surface area contributed by atoms with Crippen molar-refractivity contribution in [2.24, 2.45) is 5.10 Å². The van der Waals surface area contributed by atoms with Gasteiger partial charge in [-0.2, -0.15) is 10.4 Å². The number of carbonyl (C=O) groups is 1. The molecule has 1 aliphatic rings. The van der Waals surface area contributed by atoms with Crippen molar-refractivity contribution in [2.45, 2.75) is 25.3 Å². The maximum atomic E-state index is 14.5. The van der Waals surface area contributed by atoms with Gasteiger partial charge in [-0.15, -0.1) is 0 Å². The molecule has 0 saturated carbocycles. The smallest absolute Gasteiger partial charge is 0.305 e. The second kappa shape index (κ2) is 11.3. The summed E-state index contributed by atoms with van der Waals surface area (Å²) in [6, 6.07) is 28.1. The molecule has 0 fully saturated rings. The van der Waals surface area contributed by atoms with E-state index in [1.54, 1.807) is 53.5 Å². The van der Waals surface area contributed by atoms with E-state index < -0.39 is 17.9 Å². The fourth-order valence-electron chi connectivity index (χ4n) is 4.92. The van der Waals surface area contributed by atoms with Crippen LogP contribution in [0.1, 0.15) is 23.5 Å². The molecule has 0 amide bonds. The van der Waals surface area contributed by atoms with E-state index >= 15 is 0 Å². The molecule has 40 heavy (non-hydrogen) atoms. The molecular weight excluding hydrogens is 509 g/mol. The van der Waals surface area contributed by atoms with Gasteiger partial charge >= 0.3 is 5.97 Å². The van der Waals surface area contributed by atoms with Crippen LogP contribution in [0.25, 0.3) is 11.1 Å². The van der Waals surface area contributed by atoms with E-state index in [1.807, 2.05) is 43.3 Å². The summed E-state index contributed by atoms with van der Waals surface area (Å²) >= 11 is 0. The van der Waals surface area contributed by atoms with E-state index in [1.165, 1.54) is 13.2 Å². The SMILES string of the molecule is COc1ccc(F)c(-c2ccc(Oc3ccc(N4N=C(C#N)C(c5ccccc5)C4CC(=O)O)cc3)c(C)c2)c1. The van der Waals surface area contributed by atoms with Crippen LogP contribution in [0, 0.1) is 24.1 Å². The quantitative estimate of drug-likeness (QED) is 0.263. The number of carboxylic acids is 1. The Morgan fingerprint density at radius 3 is 2.40 bits per heavy atom. The number of anilines is 1. The van der Waals surface area contributed by atoms with Crippen molar-refractivity contribution in [3.8, 4) is 34.4 Å². The number of nitriles is 1. The molecule has 0 aliphatic carbocycles. The van der Waals surface area contributed by atoms with Gasteiger partial charge in [-0.1, -0.05) is 36.4 Å². The normalized spacial score (nSPS) is 16.2. The fraction of sp³-hybridized carbons (Fsp3) is 0.156. The molecule has 0 saturated heterocycles. The molecule has 7 nitrogen and oxygen atoms in total. The summed E-state index contributed by atoms with van der Waals surface area (Å²) in [6.07, 6.45) is -0.189. The number of benzene rings is 4. The van der Waals surface area contributed by atoms with Crippen LogP contribution in [-0.4, -0.2) is 29.9 Å². The minimum atomic E-state index is -0.974. The number of carboxylic acid groups (broad SMARTS) is 1. The maximum absolute atomic E-state index is 14.5.